The summed E-state index contributed by atoms with van der Waals surface area (Å²) in [5.41, 5.74) is 0. The van der Waals surface area contributed by atoms with Gasteiger partial charge in [-0.1, -0.05) is 6.92 Å². The van der Waals surface area contributed by atoms with E-state index in [0.717, 1.165) is 19.5 Å². The molecule has 1 heterocycles. The molecule has 0 spiro atoms. The molecule has 0 aromatic carbocycles. The van der Waals surface area contributed by atoms with Crippen LogP contribution in [0.4, 0.5) is 0 Å². The van der Waals surface area contributed by atoms with E-state index in [4.69, 9.17) is 0 Å². The van der Waals surface area contributed by atoms with E-state index in [1.807, 2.05) is 6.92 Å². The topological polar surface area (TPSA) is 41.1 Å². The van der Waals surface area contributed by atoms with Crippen molar-refractivity contribution in [3.63, 3.8) is 0 Å². The number of hydrogen-bond donors (Lipinski definition) is 2. The molecule has 1 aliphatic heterocycles. The molecule has 3 nitrogen and oxygen atoms in total. The van der Waals surface area contributed by atoms with Gasteiger partial charge in [-0.05, 0) is 13.0 Å². The third kappa shape index (κ3) is 1.99. The molecule has 3 heteroatoms. The summed E-state index contributed by atoms with van der Waals surface area (Å²) >= 11 is 0. The molecule has 1 amide bonds. The summed E-state index contributed by atoms with van der Waals surface area (Å²) < 4.78 is 0. The van der Waals surface area contributed by atoms with Gasteiger partial charge in [0.1, 0.15) is 0 Å². The van der Waals surface area contributed by atoms with Gasteiger partial charge in [0.25, 0.3) is 0 Å². The predicted octanol–water partition coefficient (Wildman–Crippen LogP) is -0.126. The Morgan fingerprint density at radius 3 is 3.10 bits per heavy atom. The maximum atomic E-state index is 10.8. The van der Waals surface area contributed by atoms with E-state index in [9.17, 15) is 4.79 Å². The fourth-order valence-electron chi connectivity index (χ4n) is 1.11. The molecule has 0 bridgehead atoms. The van der Waals surface area contributed by atoms with Gasteiger partial charge >= 0.3 is 0 Å². The van der Waals surface area contributed by atoms with Gasteiger partial charge in [0.05, 0.1) is 0 Å². The molecule has 0 aromatic rings. The molecule has 1 saturated heterocycles. The predicted molar refractivity (Wildman–Crippen MR) is 39.7 cm³/mol. The van der Waals surface area contributed by atoms with Crippen LogP contribution in [0, 0.1) is 0 Å². The van der Waals surface area contributed by atoms with Gasteiger partial charge in [0.15, 0.2) is 0 Å². The van der Waals surface area contributed by atoms with Crippen molar-refractivity contribution in [1.29, 1.82) is 0 Å². The first-order valence-electron chi connectivity index (χ1n) is 3.83. The Kier molecular flexibility index (Phi) is 2.68. The monoisotopic (exact) mass is 142 g/mol. The Morgan fingerprint density at radius 2 is 2.60 bits per heavy atom. The molecule has 0 aromatic heterocycles. The standard InChI is InChI=1S/C7H14N2O/c1-2-7(10)9-6-3-4-8-5-6/h6,8H,2-5H2,1H3,(H,9,10)/t6-/m0/s1. The maximum Gasteiger partial charge on any atom is 0.219 e. The average molecular weight is 142 g/mol. The van der Waals surface area contributed by atoms with Gasteiger partial charge in [-0.15, -0.1) is 0 Å². The first-order chi connectivity index (χ1) is 4.83. The third-order valence-electron chi connectivity index (χ3n) is 1.75. The fourth-order valence-corrected chi connectivity index (χ4v) is 1.11. The highest BCUT2D eigenvalue weighted by molar-refractivity contribution is 5.75. The van der Waals surface area contributed by atoms with Crippen molar-refractivity contribution >= 4 is 5.91 Å². The van der Waals surface area contributed by atoms with Crippen LogP contribution in [0.1, 0.15) is 19.8 Å². The van der Waals surface area contributed by atoms with Gasteiger partial charge < -0.3 is 10.6 Å². The smallest absolute Gasteiger partial charge is 0.219 e. The number of rotatable bonds is 2. The molecule has 1 atom stereocenters. The number of nitrogens with one attached hydrogen (secondary N) is 2. The third-order valence-corrected chi connectivity index (χ3v) is 1.75. The van der Waals surface area contributed by atoms with Gasteiger partial charge in [0, 0.05) is 19.0 Å². The van der Waals surface area contributed by atoms with E-state index >= 15 is 0 Å². The average Bonchev–Trinajstić information content (AvgIpc) is 2.40. The zero-order valence-electron chi connectivity index (χ0n) is 6.31. The Bertz CT molecular complexity index is 119. The molecule has 1 rings (SSSR count). The van der Waals surface area contributed by atoms with Crippen LogP contribution in [-0.2, 0) is 4.79 Å². The Labute approximate surface area is 61.2 Å². The zero-order valence-corrected chi connectivity index (χ0v) is 6.31. The van der Waals surface area contributed by atoms with E-state index in [1.54, 1.807) is 0 Å². The number of carbonyl (C=O) groups is 1. The van der Waals surface area contributed by atoms with Gasteiger partial charge in [0.2, 0.25) is 5.91 Å². The van der Waals surface area contributed by atoms with E-state index < -0.39 is 0 Å². The molecule has 2 N–H and O–H groups in total. The van der Waals surface area contributed by atoms with E-state index in [-0.39, 0.29) is 5.91 Å². The fraction of sp³-hybridized carbons (Fsp3) is 0.857. The highest BCUT2D eigenvalue weighted by atomic mass is 16.1. The Balaban J connectivity index is 2.17. The van der Waals surface area contributed by atoms with E-state index in [2.05, 4.69) is 10.6 Å². The summed E-state index contributed by atoms with van der Waals surface area (Å²) in [6.45, 7) is 3.85. The minimum atomic E-state index is 0.161. The lowest BCUT2D eigenvalue weighted by atomic mass is 10.2. The molecule has 1 aliphatic rings. The Hall–Kier alpha value is -0.570. The molecular weight excluding hydrogens is 128 g/mol. The van der Waals surface area contributed by atoms with Crippen molar-refractivity contribution in [2.45, 2.75) is 25.8 Å². The molecule has 1 fully saturated rings. The summed E-state index contributed by atoms with van der Waals surface area (Å²) in [4.78, 5) is 10.8. The summed E-state index contributed by atoms with van der Waals surface area (Å²) in [5, 5.41) is 6.11. The minimum Gasteiger partial charge on any atom is -0.352 e. The van der Waals surface area contributed by atoms with Crippen LogP contribution in [0.5, 0.6) is 0 Å². The maximum absolute atomic E-state index is 10.8. The normalized spacial score (nSPS) is 24.7. The lowest BCUT2D eigenvalue weighted by molar-refractivity contribution is -0.121. The van der Waals surface area contributed by atoms with Crippen molar-refractivity contribution in [3.05, 3.63) is 0 Å². The zero-order chi connectivity index (χ0) is 7.40. The molecule has 0 radical (unpaired) electrons. The second-order valence-corrected chi connectivity index (χ2v) is 2.61. The summed E-state index contributed by atoms with van der Waals surface area (Å²) in [6, 6.07) is 0.382. The number of hydrogen-bond acceptors (Lipinski definition) is 2. The first kappa shape index (κ1) is 7.54. The largest absolute Gasteiger partial charge is 0.352 e. The van der Waals surface area contributed by atoms with Crippen LogP contribution in [0.25, 0.3) is 0 Å². The SMILES string of the molecule is CCC(=O)N[C@H]1CCNC1. The van der Waals surface area contributed by atoms with Crippen LogP contribution < -0.4 is 10.6 Å². The molecular formula is C7H14N2O. The Morgan fingerprint density at radius 1 is 1.80 bits per heavy atom. The summed E-state index contributed by atoms with van der Waals surface area (Å²) in [6.07, 6.45) is 1.67. The lowest BCUT2D eigenvalue weighted by Crippen LogP contribution is -2.35. The number of carbonyl (C=O) groups excluding carboxylic acids is 1. The van der Waals surface area contributed by atoms with Gasteiger partial charge in [-0.3, -0.25) is 4.79 Å². The summed E-state index contributed by atoms with van der Waals surface area (Å²) in [7, 11) is 0. The highest BCUT2D eigenvalue weighted by Crippen LogP contribution is 1.96. The number of amides is 1. The van der Waals surface area contributed by atoms with E-state index in [0.29, 0.717) is 12.5 Å². The van der Waals surface area contributed by atoms with Crippen molar-refractivity contribution in [2.75, 3.05) is 13.1 Å². The molecule has 0 aliphatic carbocycles. The van der Waals surface area contributed by atoms with Crippen LogP contribution >= 0.6 is 0 Å². The molecule has 0 unspecified atom stereocenters. The van der Waals surface area contributed by atoms with Crippen LogP contribution in [0.2, 0.25) is 0 Å². The van der Waals surface area contributed by atoms with E-state index in [1.165, 1.54) is 0 Å². The first-order valence-corrected chi connectivity index (χ1v) is 3.83. The van der Waals surface area contributed by atoms with Crippen molar-refractivity contribution < 1.29 is 4.79 Å². The lowest BCUT2D eigenvalue weighted by Gasteiger charge is -2.08. The molecule has 58 valence electrons. The van der Waals surface area contributed by atoms with Crippen molar-refractivity contribution in [1.82, 2.24) is 10.6 Å². The van der Waals surface area contributed by atoms with Crippen LogP contribution in [-0.4, -0.2) is 25.0 Å². The second kappa shape index (κ2) is 3.56. The van der Waals surface area contributed by atoms with Crippen LogP contribution in [0.15, 0.2) is 0 Å². The summed E-state index contributed by atoms with van der Waals surface area (Å²) in [5.74, 6) is 0.161. The van der Waals surface area contributed by atoms with Crippen LogP contribution in [0.3, 0.4) is 0 Å². The molecule has 0 saturated carbocycles. The quantitative estimate of drug-likeness (QED) is 0.564. The minimum absolute atomic E-state index is 0.161. The van der Waals surface area contributed by atoms with Crippen molar-refractivity contribution in [2.24, 2.45) is 0 Å². The molecule has 10 heavy (non-hydrogen) atoms. The highest BCUT2D eigenvalue weighted by Gasteiger charge is 2.14. The van der Waals surface area contributed by atoms with Gasteiger partial charge in [-0.2, -0.15) is 0 Å². The van der Waals surface area contributed by atoms with Crippen molar-refractivity contribution in [3.8, 4) is 0 Å². The van der Waals surface area contributed by atoms with Gasteiger partial charge in [-0.25, -0.2) is 0 Å². The second-order valence-electron chi connectivity index (χ2n) is 2.61.